The number of hydrogen-bond donors (Lipinski definition) is 2. The summed E-state index contributed by atoms with van der Waals surface area (Å²) in [6.07, 6.45) is 0.556. The SMILES string of the molecule is COc1ccc(CN(C)C(CO)CCO)cc1OC. The minimum absolute atomic E-state index is 0.0321. The highest BCUT2D eigenvalue weighted by Crippen LogP contribution is 2.28. The first-order valence-electron chi connectivity index (χ1n) is 6.29. The van der Waals surface area contributed by atoms with E-state index in [1.165, 1.54) is 0 Å². The van der Waals surface area contributed by atoms with Crippen LogP contribution in [0.3, 0.4) is 0 Å². The Hall–Kier alpha value is -1.30. The minimum Gasteiger partial charge on any atom is -0.493 e. The molecule has 0 aromatic heterocycles. The van der Waals surface area contributed by atoms with Crippen LogP contribution in [-0.4, -0.2) is 55.6 Å². The smallest absolute Gasteiger partial charge is 0.161 e. The second-order valence-electron chi connectivity index (χ2n) is 4.45. The highest BCUT2D eigenvalue weighted by Gasteiger charge is 2.14. The number of rotatable bonds is 8. The van der Waals surface area contributed by atoms with Crippen LogP contribution in [-0.2, 0) is 6.54 Å². The number of benzene rings is 1. The summed E-state index contributed by atoms with van der Waals surface area (Å²) in [5, 5.41) is 18.2. The van der Waals surface area contributed by atoms with Crippen molar-refractivity contribution in [3.8, 4) is 11.5 Å². The molecule has 2 N–H and O–H groups in total. The van der Waals surface area contributed by atoms with Crippen LogP contribution in [0.5, 0.6) is 11.5 Å². The van der Waals surface area contributed by atoms with Crippen LogP contribution in [0.1, 0.15) is 12.0 Å². The maximum absolute atomic E-state index is 9.29. The van der Waals surface area contributed by atoms with Crippen LogP contribution in [0.25, 0.3) is 0 Å². The quantitative estimate of drug-likeness (QED) is 0.733. The van der Waals surface area contributed by atoms with Crippen molar-refractivity contribution in [3.05, 3.63) is 23.8 Å². The molecule has 5 nitrogen and oxygen atoms in total. The fourth-order valence-electron chi connectivity index (χ4n) is 2.00. The standard InChI is InChI=1S/C14H23NO4/c1-15(12(10-17)6-7-16)9-11-4-5-13(18-2)14(8-11)19-3/h4-5,8,12,16-17H,6-7,9-10H2,1-3H3. The van der Waals surface area contributed by atoms with Crippen molar-refractivity contribution in [2.45, 2.75) is 19.0 Å². The van der Waals surface area contributed by atoms with Gasteiger partial charge in [0, 0.05) is 19.2 Å². The molecule has 108 valence electrons. The minimum atomic E-state index is -0.0434. The Labute approximate surface area is 114 Å². The van der Waals surface area contributed by atoms with E-state index in [-0.39, 0.29) is 19.3 Å². The van der Waals surface area contributed by atoms with E-state index in [4.69, 9.17) is 14.6 Å². The molecule has 1 atom stereocenters. The summed E-state index contributed by atoms with van der Waals surface area (Å²) in [4.78, 5) is 2.01. The summed E-state index contributed by atoms with van der Waals surface area (Å²) in [5.41, 5.74) is 1.07. The molecular formula is C14H23NO4. The van der Waals surface area contributed by atoms with E-state index in [0.29, 0.717) is 24.5 Å². The van der Waals surface area contributed by atoms with Crippen LogP contribution in [0.4, 0.5) is 0 Å². The molecule has 5 heteroatoms. The molecule has 0 saturated heterocycles. The van der Waals surface area contributed by atoms with Gasteiger partial charge in [-0.2, -0.15) is 0 Å². The van der Waals surface area contributed by atoms with Gasteiger partial charge >= 0.3 is 0 Å². The highest BCUT2D eigenvalue weighted by atomic mass is 16.5. The Bertz CT molecular complexity index is 384. The number of aliphatic hydroxyl groups excluding tert-OH is 2. The van der Waals surface area contributed by atoms with E-state index in [1.54, 1.807) is 14.2 Å². The summed E-state index contributed by atoms with van der Waals surface area (Å²) < 4.78 is 10.5. The molecule has 0 heterocycles. The lowest BCUT2D eigenvalue weighted by molar-refractivity contribution is 0.115. The Morgan fingerprint density at radius 2 is 1.84 bits per heavy atom. The van der Waals surface area contributed by atoms with E-state index < -0.39 is 0 Å². The van der Waals surface area contributed by atoms with E-state index >= 15 is 0 Å². The first-order chi connectivity index (χ1) is 9.15. The lowest BCUT2D eigenvalue weighted by Crippen LogP contribution is -2.35. The van der Waals surface area contributed by atoms with Gasteiger partial charge in [-0.05, 0) is 31.2 Å². The maximum atomic E-state index is 9.29. The van der Waals surface area contributed by atoms with Crippen molar-refractivity contribution in [1.29, 1.82) is 0 Å². The zero-order chi connectivity index (χ0) is 14.3. The van der Waals surface area contributed by atoms with Gasteiger partial charge in [-0.1, -0.05) is 6.07 Å². The molecule has 0 fully saturated rings. The van der Waals surface area contributed by atoms with Crippen LogP contribution >= 0.6 is 0 Å². The van der Waals surface area contributed by atoms with E-state index in [2.05, 4.69) is 0 Å². The number of nitrogens with zero attached hydrogens (tertiary/aromatic N) is 1. The molecular weight excluding hydrogens is 246 g/mol. The van der Waals surface area contributed by atoms with Crippen LogP contribution < -0.4 is 9.47 Å². The van der Waals surface area contributed by atoms with Gasteiger partial charge in [-0.3, -0.25) is 4.90 Å². The monoisotopic (exact) mass is 269 g/mol. The van der Waals surface area contributed by atoms with Crippen LogP contribution in [0.2, 0.25) is 0 Å². The first kappa shape index (κ1) is 15.8. The average Bonchev–Trinajstić information content (AvgIpc) is 2.44. The number of hydrogen-bond acceptors (Lipinski definition) is 5. The zero-order valence-electron chi connectivity index (χ0n) is 11.8. The van der Waals surface area contributed by atoms with Crippen molar-refractivity contribution in [1.82, 2.24) is 4.90 Å². The second-order valence-corrected chi connectivity index (χ2v) is 4.45. The van der Waals surface area contributed by atoms with Gasteiger partial charge in [0.2, 0.25) is 0 Å². The molecule has 0 spiro atoms. The Morgan fingerprint density at radius 3 is 2.37 bits per heavy atom. The lowest BCUT2D eigenvalue weighted by Gasteiger charge is -2.26. The molecule has 1 unspecified atom stereocenters. The van der Waals surface area contributed by atoms with Crippen molar-refractivity contribution in [3.63, 3.8) is 0 Å². The Kier molecular flexibility index (Phi) is 6.62. The van der Waals surface area contributed by atoms with Crippen molar-refractivity contribution >= 4 is 0 Å². The molecule has 0 aliphatic carbocycles. The third kappa shape index (κ3) is 4.38. The van der Waals surface area contributed by atoms with Gasteiger partial charge in [-0.15, -0.1) is 0 Å². The fraction of sp³-hybridized carbons (Fsp3) is 0.571. The van der Waals surface area contributed by atoms with E-state index in [9.17, 15) is 5.11 Å². The third-order valence-electron chi connectivity index (χ3n) is 3.18. The highest BCUT2D eigenvalue weighted by molar-refractivity contribution is 5.42. The number of methoxy groups -OCH3 is 2. The fourth-order valence-corrected chi connectivity index (χ4v) is 2.00. The molecule has 0 saturated carbocycles. The zero-order valence-corrected chi connectivity index (χ0v) is 11.8. The van der Waals surface area contributed by atoms with Gasteiger partial charge in [0.05, 0.1) is 20.8 Å². The predicted octanol–water partition coefficient (Wildman–Crippen LogP) is 0.879. The molecule has 0 aliphatic heterocycles. The molecule has 0 radical (unpaired) electrons. The largest absolute Gasteiger partial charge is 0.493 e. The molecule has 1 aromatic rings. The van der Waals surface area contributed by atoms with Crippen molar-refractivity contribution in [2.24, 2.45) is 0 Å². The van der Waals surface area contributed by atoms with Gasteiger partial charge < -0.3 is 19.7 Å². The van der Waals surface area contributed by atoms with Crippen molar-refractivity contribution in [2.75, 3.05) is 34.5 Å². The third-order valence-corrected chi connectivity index (χ3v) is 3.18. The van der Waals surface area contributed by atoms with Crippen LogP contribution in [0, 0.1) is 0 Å². The molecule has 0 aliphatic rings. The van der Waals surface area contributed by atoms with E-state index in [1.807, 2.05) is 30.1 Å². The van der Waals surface area contributed by atoms with Crippen molar-refractivity contribution < 1.29 is 19.7 Å². The first-order valence-corrected chi connectivity index (χ1v) is 6.29. The molecule has 0 amide bonds. The summed E-state index contributed by atoms with van der Waals surface area (Å²) in [6.45, 7) is 0.775. The number of likely N-dealkylation sites (N-methyl/N-ethyl adjacent to an activating group) is 1. The number of ether oxygens (including phenoxy) is 2. The molecule has 19 heavy (non-hydrogen) atoms. The van der Waals surface area contributed by atoms with Crippen LogP contribution in [0.15, 0.2) is 18.2 Å². The summed E-state index contributed by atoms with van der Waals surface area (Å²) >= 11 is 0. The topological polar surface area (TPSA) is 62.2 Å². The normalized spacial score (nSPS) is 12.5. The second kappa shape index (κ2) is 7.99. The molecule has 0 bridgehead atoms. The Morgan fingerprint density at radius 1 is 1.16 bits per heavy atom. The molecule has 1 aromatic carbocycles. The summed E-state index contributed by atoms with van der Waals surface area (Å²) in [6, 6.07) is 5.70. The average molecular weight is 269 g/mol. The summed E-state index contributed by atoms with van der Waals surface area (Å²) in [5.74, 6) is 1.39. The predicted molar refractivity (Wildman–Crippen MR) is 73.6 cm³/mol. The Balaban J connectivity index is 2.75. The maximum Gasteiger partial charge on any atom is 0.161 e. The molecule has 1 rings (SSSR count). The van der Waals surface area contributed by atoms with Gasteiger partial charge in [0.25, 0.3) is 0 Å². The summed E-state index contributed by atoms with van der Waals surface area (Å²) in [7, 11) is 5.13. The van der Waals surface area contributed by atoms with Gasteiger partial charge in [0.15, 0.2) is 11.5 Å². The lowest BCUT2D eigenvalue weighted by atomic mass is 10.1. The van der Waals surface area contributed by atoms with E-state index in [0.717, 1.165) is 5.56 Å². The van der Waals surface area contributed by atoms with Gasteiger partial charge in [-0.25, -0.2) is 0 Å². The van der Waals surface area contributed by atoms with Gasteiger partial charge in [0.1, 0.15) is 0 Å². The number of aliphatic hydroxyl groups is 2.